The van der Waals surface area contributed by atoms with E-state index < -0.39 is 6.61 Å². The molecular formula is C27H30F2N4O2. The molecule has 2 aromatic heterocycles. The van der Waals surface area contributed by atoms with Crippen molar-refractivity contribution in [3.63, 3.8) is 0 Å². The Morgan fingerprint density at radius 2 is 1.71 bits per heavy atom. The highest BCUT2D eigenvalue weighted by atomic mass is 19.3. The second-order valence-corrected chi connectivity index (χ2v) is 10.7. The largest absolute Gasteiger partial charge is 0.507 e. The maximum absolute atomic E-state index is 12.5. The maximum Gasteiger partial charge on any atom is 0.388 e. The number of anilines is 1. The number of hydrogen-bond acceptors (Lipinski definition) is 6. The van der Waals surface area contributed by atoms with E-state index in [0.717, 1.165) is 5.82 Å². The van der Waals surface area contributed by atoms with Crippen molar-refractivity contribution in [2.75, 3.05) is 11.9 Å². The van der Waals surface area contributed by atoms with Crippen LogP contribution in [0.25, 0.3) is 22.4 Å². The van der Waals surface area contributed by atoms with E-state index in [4.69, 9.17) is 0 Å². The number of aromatic hydroxyl groups is 1. The van der Waals surface area contributed by atoms with E-state index in [1.54, 1.807) is 24.3 Å². The molecule has 6 nitrogen and oxygen atoms in total. The smallest absolute Gasteiger partial charge is 0.388 e. The minimum atomic E-state index is -2.95. The summed E-state index contributed by atoms with van der Waals surface area (Å²) in [6, 6.07) is 12.4. The normalized spacial score (nSPS) is 25.6. The number of pyridine rings is 1. The maximum atomic E-state index is 12.5. The van der Waals surface area contributed by atoms with Crippen molar-refractivity contribution in [3.05, 3.63) is 48.7 Å². The van der Waals surface area contributed by atoms with Gasteiger partial charge in [0.15, 0.2) is 5.82 Å². The molecule has 0 spiro atoms. The summed E-state index contributed by atoms with van der Waals surface area (Å²) in [6.07, 6.45) is 7.64. The topological polar surface area (TPSA) is 71.4 Å². The van der Waals surface area contributed by atoms with Crippen LogP contribution in [0.5, 0.6) is 11.6 Å². The van der Waals surface area contributed by atoms with Crippen molar-refractivity contribution in [1.29, 1.82) is 0 Å². The molecule has 0 radical (unpaired) electrons. The summed E-state index contributed by atoms with van der Waals surface area (Å²) in [5.41, 5.74) is 3.17. The number of halogens is 2. The van der Waals surface area contributed by atoms with Gasteiger partial charge in [-0.25, -0.2) is 4.98 Å². The lowest BCUT2D eigenvalue weighted by molar-refractivity contribution is -0.0528. The molecule has 2 aliphatic carbocycles. The van der Waals surface area contributed by atoms with Gasteiger partial charge < -0.3 is 14.7 Å². The van der Waals surface area contributed by atoms with Crippen LogP contribution in [-0.4, -0.2) is 40.0 Å². The number of phenolic OH excluding ortho intramolecular Hbond substituents is 1. The Kier molecular flexibility index (Phi) is 5.85. The van der Waals surface area contributed by atoms with Crippen molar-refractivity contribution >= 4 is 5.82 Å². The van der Waals surface area contributed by atoms with Crippen molar-refractivity contribution in [3.8, 4) is 34.0 Å². The van der Waals surface area contributed by atoms with E-state index in [9.17, 15) is 13.9 Å². The van der Waals surface area contributed by atoms with Crippen LogP contribution in [0.1, 0.15) is 46.0 Å². The molecule has 3 atom stereocenters. The number of benzene rings is 1. The number of alkyl halides is 2. The van der Waals surface area contributed by atoms with Crippen LogP contribution < -0.4 is 9.64 Å². The van der Waals surface area contributed by atoms with Crippen LogP contribution in [0, 0.1) is 10.8 Å². The molecule has 2 aliphatic rings. The Morgan fingerprint density at radius 1 is 1.00 bits per heavy atom. The van der Waals surface area contributed by atoms with Gasteiger partial charge in [0.2, 0.25) is 5.88 Å². The highest BCUT2D eigenvalue weighted by molar-refractivity contribution is 5.74. The molecule has 2 heterocycles. The highest BCUT2D eigenvalue weighted by Gasteiger charge is 2.50. The molecule has 184 valence electrons. The van der Waals surface area contributed by atoms with Gasteiger partial charge in [0.1, 0.15) is 5.75 Å². The van der Waals surface area contributed by atoms with Gasteiger partial charge in [-0.2, -0.15) is 8.78 Å². The number of rotatable bonds is 6. The second-order valence-electron chi connectivity index (χ2n) is 10.7. The number of aromatic nitrogens is 3. The Bertz CT molecular complexity index is 1200. The van der Waals surface area contributed by atoms with Crippen LogP contribution in [0.4, 0.5) is 14.6 Å². The van der Waals surface area contributed by atoms with E-state index in [2.05, 4.69) is 45.7 Å². The fourth-order valence-electron chi connectivity index (χ4n) is 6.16. The van der Waals surface area contributed by atoms with Gasteiger partial charge in [-0.05, 0) is 84.4 Å². The van der Waals surface area contributed by atoms with Crippen LogP contribution >= 0.6 is 0 Å². The first-order valence-electron chi connectivity index (χ1n) is 11.9. The van der Waals surface area contributed by atoms with Crippen LogP contribution in [0.3, 0.4) is 0 Å². The van der Waals surface area contributed by atoms with Gasteiger partial charge >= 0.3 is 6.61 Å². The molecule has 8 heteroatoms. The average molecular weight is 481 g/mol. The SMILES string of the molecule is CN(c1ccc(-c2ccc(-c3ccnc(OC(F)F)c3)cc2O)nn1)[C@H]1C[C@]2(C)CC[C@](C)(C1)C2. The summed E-state index contributed by atoms with van der Waals surface area (Å²) in [5.74, 6) is 0.669. The van der Waals surface area contributed by atoms with E-state index in [1.165, 1.54) is 44.4 Å². The lowest BCUT2D eigenvalue weighted by Gasteiger charge is -2.44. The zero-order chi connectivity index (χ0) is 24.8. The quantitative estimate of drug-likeness (QED) is 0.446. The van der Waals surface area contributed by atoms with E-state index in [-0.39, 0.29) is 11.6 Å². The zero-order valence-corrected chi connectivity index (χ0v) is 20.2. The predicted molar refractivity (Wildman–Crippen MR) is 130 cm³/mol. The third kappa shape index (κ3) is 4.79. The van der Waals surface area contributed by atoms with Crippen molar-refractivity contribution in [1.82, 2.24) is 15.2 Å². The van der Waals surface area contributed by atoms with Gasteiger partial charge in [0, 0.05) is 30.9 Å². The predicted octanol–water partition coefficient (Wildman–Crippen LogP) is 6.31. The first-order chi connectivity index (χ1) is 16.6. The van der Waals surface area contributed by atoms with E-state index in [0.29, 0.717) is 39.3 Å². The fraction of sp³-hybridized carbons (Fsp3) is 0.444. The van der Waals surface area contributed by atoms with Crippen LogP contribution in [0.15, 0.2) is 48.7 Å². The molecule has 2 saturated carbocycles. The number of phenols is 1. The standard InChI is InChI=1S/C27H30F2N4O2/c1-26-9-10-27(2,16-26)15-19(14-26)33(3)23-7-6-21(31-32-23)20-5-4-17(12-22(20)34)18-8-11-30-24(13-18)35-25(28)29/h4-8,11-13,19,25,34H,9-10,14-16H2,1-3H3/t19-,26-,27+. The lowest BCUT2D eigenvalue weighted by Crippen LogP contribution is -2.42. The van der Waals surface area contributed by atoms with Crippen LogP contribution in [-0.2, 0) is 0 Å². The number of fused-ring (bicyclic) bond motifs is 2. The van der Waals surface area contributed by atoms with Crippen molar-refractivity contribution < 1.29 is 18.6 Å². The minimum absolute atomic E-state index is 0.0238. The first kappa shape index (κ1) is 23.5. The van der Waals surface area contributed by atoms with Crippen molar-refractivity contribution in [2.24, 2.45) is 10.8 Å². The molecule has 1 N–H and O–H groups in total. The molecule has 1 aromatic carbocycles. The summed E-state index contributed by atoms with van der Waals surface area (Å²) in [6.45, 7) is 1.88. The molecule has 0 unspecified atom stereocenters. The fourth-order valence-corrected chi connectivity index (χ4v) is 6.16. The average Bonchev–Trinajstić information content (AvgIpc) is 3.05. The molecule has 0 saturated heterocycles. The summed E-state index contributed by atoms with van der Waals surface area (Å²) < 4.78 is 29.4. The first-order valence-corrected chi connectivity index (χ1v) is 11.9. The summed E-state index contributed by atoms with van der Waals surface area (Å²) in [5, 5.41) is 19.6. The van der Waals surface area contributed by atoms with Crippen LogP contribution in [0.2, 0.25) is 0 Å². The second kappa shape index (κ2) is 8.73. The van der Waals surface area contributed by atoms with Crippen molar-refractivity contribution in [2.45, 2.75) is 58.6 Å². The van der Waals surface area contributed by atoms with Gasteiger partial charge in [0.25, 0.3) is 0 Å². The summed E-state index contributed by atoms with van der Waals surface area (Å²) in [4.78, 5) is 6.03. The Balaban J connectivity index is 1.33. The van der Waals surface area contributed by atoms with Gasteiger partial charge in [-0.1, -0.05) is 19.9 Å². The molecule has 3 aromatic rings. The summed E-state index contributed by atoms with van der Waals surface area (Å²) in [7, 11) is 2.10. The summed E-state index contributed by atoms with van der Waals surface area (Å²) >= 11 is 0. The Hall–Kier alpha value is -3.29. The van der Waals surface area contributed by atoms with Gasteiger partial charge in [-0.15, -0.1) is 10.2 Å². The molecule has 2 fully saturated rings. The van der Waals surface area contributed by atoms with E-state index >= 15 is 0 Å². The molecular weight excluding hydrogens is 450 g/mol. The molecule has 5 rings (SSSR count). The van der Waals surface area contributed by atoms with E-state index in [1.807, 2.05) is 12.1 Å². The third-order valence-electron chi connectivity index (χ3n) is 7.75. The number of ether oxygens (including phenoxy) is 1. The Morgan fingerprint density at radius 3 is 2.34 bits per heavy atom. The molecule has 35 heavy (non-hydrogen) atoms. The third-order valence-corrected chi connectivity index (χ3v) is 7.75. The number of nitrogens with zero attached hydrogens (tertiary/aromatic N) is 4. The molecule has 0 amide bonds. The molecule has 0 aliphatic heterocycles. The number of hydrogen-bond donors (Lipinski definition) is 1. The lowest BCUT2D eigenvalue weighted by atomic mass is 9.68. The highest BCUT2D eigenvalue weighted by Crippen LogP contribution is 2.58. The monoisotopic (exact) mass is 480 g/mol. The minimum Gasteiger partial charge on any atom is -0.507 e. The van der Waals surface area contributed by atoms with Gasteiger partial charge in [-0.3, -0.25) is 0 Å². The van der Waals surface area contributed by atoms with Gasteiger partial charge in [0.05, 0.1) is 5.69 Å². The zero-order valence-electron chi connectivity index (χ0n) is 20.2. The Labute approximate surface area is 204 Å². The molecule has 2 bridgehead atoms.